The molecule has 76 valence electrons. The van der Waals surface area contributed by atoms with E-state index in [1.807, 2.05) is 0 Å². The maximum absolute atomic E-state index is 6.12. The van der Waals surface area contributed by atoms with Gasteiger partial charge < -0.3 is 4.74 Å². The molecule has 0 aromatic heterocycles. The van der Waals surface area contributed by atoms with E-state index in [0.29, 0.717) is 11.3 Å². The highest BCUT2D eigenvalue weighted by molar-refractivity contribution is 5.00. The van der Waals surface area contributed by atoms with E-state index in [1.165, 1.54) is 32.1 Å². The Morgan fingerprint density at radius 2 is 1.77 bits per heavy atom. The molecule has 1 aliphatic carbocycles. The van der Waals surface area contributed by atoms with E-state index in [9.17, 15) is 0 Å². The molecule has 1 saturated carbocycles. The zero-order chi connectivity index (χ0) is 9.53. The number of hydrogen-bond donors (Lipinski definition) is 0. The highest BCUT2D eigenvalue weighted by atomic mass is 16.5. The molecule has 2 bridgehead atoms. The van der Waals surface area contributed by atoms with Crippen LogP contribution in [0.3, 0.4) is 0 Å². The van der Waals surface area contributed by atoms with Crippen LogP contribution in [0.4, 0.5) is 0 Å². The normalized spacial score (nSPS) is 44.3. The summed E-state index contributed by atoms with van der Waals surface area (Å²) in [5, 5.41) is 0. The van der Waals surface area contributed by atoms with Crippen molar-refractivity contribution >= 4 is 0 Å². The Kier molecular flexibility index (Phi) is 2.18. The van der Waals surface area contributed by atoms with Gasteiger partial charge in [-0.05, 0) is 43.4 Å². The van der Waals surface area contributed by atoms with E-state index in [1.54, 1.807) is 0 Å². The first-order valence-electron chi connectivity index (χ1n) is 5.76. The van der Waals surface area contributed by atoms with E-state index < -0.39 is 0 Å². The summed E-state index contributed by atoms with van der Waals surface area (Å²) in [6.45, 7) is 7.97. The van der Waals surface area contributed by atoms with Crippen molar-refractivity contribution in [2.45, 2.75) is 58.5 Å². The summed E-state index contributed by atoms with van der Waals surface area (Å²) in [4.78, 5) is 0. The molecular weight excluding hydrogens is 160 g/mol. The number of hydrogen-bond acceptors (Lipinski definition) is 1. The molecule has 2 saturated heterocycles. The van der Waals surface area contributed by atoms with Gasteiger partial charge >= 0.3 is 0 Å². The number of ether oxygens (including phenoxy) is 1. The van der Waals surface area contributed by atoms with Gasteiger partial charge in [-0.25, -0.2) is 0 Å². The molecule has 0 unspecified atom stereocenters. The van der Waals surface area contributed by atoms with E-state index in [4.69, 9.17) is 4.74 Å². The SMILES string of the molecule is CCC12CCC(C(C)C)(CC1)OC2. The van der Waals surface area contributed by atoms with Crippen LogP contribution in [-0.2, 0) is 4.74 Å². The van der Waals surface area contributed by atoms with Crippen LogP contribution in [0.2, 0.25) is 0 Å². The lowest BCUT2D eigenvalue weighted by molar-refractivity contribution is -0.203. The Balaban J connectivity index is 2.11. The van der Waals surface area contributed by atoms with Crippen LogP contribution in [0.5, 0.6) is 0 Å². The van der Waals surface area contributed by atoms with Gasteiger partial charge in [-0.2, -0.15) is 0 Å². The third kappa shape index (κ3) is 1.32. The Morgan fingerprint density at radius 1 is 1.15 bits per heavy atom. The monoisotopic (exact) mass is 182 g/mol. The van der Waals surface area contributed by atoms with Crippen LogP contribution in [-0.4, -0.2) is 12.2 Å². The average molecular weight is 182 g/mol. The summed E-state index contributed by atoms with van der Waals surface area (Å²) in [7, 11) is 0. The molecule has 2 heterocycles. The zero-order valence-electron chi connectivity index (χ0n) is 9.23. The molecule has 0 radical (unpaired) electrons. The van der Waals surface area contributed by atoms with Crippen molar-refractivity contribution in [3.8, 4) is 0 Å². The van der Waals surface area contributed by atoms with Crippen molar-refractivity contribution in [2.24, 2.45) is 11.3 Å². The van der Waals surface area contributed by atoms with E-state index in [-0.39, 0.29) is 5.60 Å². The quantitative estimate of drug-likeness (QED) is 0.636. The molecule has 2 aliphatic heterocycles. The second-order valence-corrected chi connectivity index (χ2v) is 5.36. The van der Waals surface area contributed by atoms with Crippen molar-refractivity contribution in [3.63, 3.8) is 0 Å². The molecule has 3 rings (SSSR count). The molecule has 1 nitrogen and oxygen atoms in total. The van der Waals surface area contributed by atoms with Crippen molar-refractivity contribution in [3.05, 3.63) is 0 Å². The Bertz CT molecular complexity index is 171. The Labute approximate surface area is 81.9 Å². The molecule has 3 fully saturated rings. The summed E-state index contributed by atoms with van der Waals surface area (Å²) in [6, 6.07) is 0. The van der Waals surface area contributed by atoms with Gasteiger partial charge in [-0.1, -0.05) is 20.8 Å². The third-order valence-corrected chi connectivity index (χ3v) is 4.63. The van der Waals surface area contributed by atoms with Gasteiger partial charge in [-0.3, -0.25) is 0 Å². The van der Waals surface area contributed by atoms with Gasteiger partial charge in [0.2, 0.25) is 0 Å². The molecule has 3 aliphatic rings. The topological polar surface area (TPSA) is 9.23 Å². The molecule has 0 N–H and O–H groups in total. The summed E-state index contributed by atoms with van der Waals surface area (Å²) in [5.41, 5.74) is 0.827. The van der Waals surface area contributed by atoms with E-state index in [0.717, 1.165) is 6.61 Å². The second-order valence-electron chi connectivity index (χ2n) is 5.36. The van der Waals surface area contributed by atoms with Crippen LogP contribution in [0.15, 0.2) is 0 Å². The van der Waals surface area contributed by atoms with Crippen molar-refractivity contribution < 1.29 is 4.74 Å². The summed E-state index contributed by atoms with van der Waals surface area (Å²) in [5.74, 6) is 0.697. The molecule has 0 amide bonds. The van der Waals surface area contributed by atoms with Gasteiger partial charge in [0.25, 0.3) is 0 Å². The van der Waals surface area contributed by atoms with Gasteiger partial charge in [0, 0.05) is 0 Å². The summed E-state index contributed by atoms with van der Waals surface area (Å²) < 4.78 is 6.12. The lowest BCUT2D eigenvalue weighted by Crippen LogP contribution is -2.53. The van der Waals surface area contributed by atoms with Crippen LogP contribution in [0.1, 0.15) is 52.9 Å². The number of rotatable bonds is 2. The largest absolute Gasteiger partial charge is 0.374 e. The van der Waals surface area contributed by atoms with Gasteiger partial charge in [-0.15, -0.1) is 0 Å². The minimum atomic E-state index is 0.261. The minimum Gasteiger partial charge on any atom is -0.374 e. The van der Waals surface area contributed by atoms with Crippen molar-refractivity contribution in [1.29, 1.82) is 0 Å². The maximum atomic E-state index is 6.12. The smallest absolute Gasteiger partial charge is 0.0706 e. The Hall–Kier alpha value is -0.0400. The number of fused-ring (bicyclic) bond motifs is 3. The van der Waals surface area contributed by atoms with Crippen LogP contribution < -0.4 is 0 Å². The van der Waals surface area contributed by atoms with Crippen LogP contribution >= 0.6 is 0 Å². The molecule has 0 atom stereocenters. The fourth-order valence-electron chi connectivity index (χ4n) is 2.99. The summed E-state index contributed by atoms with van der Waals surface area (Å²) in [6.07, 6.45) is 6.72. The average Bonchev–Trinajstić information content (AvgIpc) is 2.20. The van der Waals surface area contributed by atoms with Crippen LogP contribution in [0.25, 0.3) is 0 Å². The highest BCUT2D eigenvalue weighted by Crippen LogP contribution is 2.52. The molecule has 13 heavy (non-hydrogen) atoms. The third-order valence-electron chi connectivity index (χ3n) is 4.63. The van der Waals surface area contributed by atoms with Crippen LogP contribution in [0, 0.1) is 11.3 Å². The van der Waals surface area contributed by atoms with Crippen molar-refractivity contribution in [2.75, 3.05) is 6.61 Å². The molecule has 0 spiro atoms. The predicted octanol–water partition coefficient (Wildman–Crippen LogP) is 3.38. The minimum absolute atomic E-state index is 0.261. The zero-order valence-corrected chi connectivity index (χ0v) is 9.23. The molecule has 0 aromatic rings. The fourth-order valence-corrected chi connectivity index (χ4v) is 2.99. The van der Waals surface area contributed by atoms with Gasteiger partial charge in [0.1, 0.15) is 0 Å². The standard InChI is InChI=1S/C12H22O/c1-4-11-5-7-12(8-6-11,10(2)3)13-9-11/h10H,4-9H2,1-3H3. The molecule has 0 aromatic carbocycles. The lowest BCUT2D eigenvalue weighted by Gasteiger charge is -2.55. The lowest BCUT2D eigenvalue weighted by atomic mass is 9.62. The van der Waals surface area contributed by atoms with Gasteiger partial charge in [0.15, 0.2) is 0 Å². The van der Waals surface area contributed by atoms with E-state index >= 15 is 0 Å². The fraction of sp³-hybridized carbons (Fsp3) is 1.00. The van der Waals surface area contributed by atoms with Crippen molar-refractivity contribution in [1.82, 2.24) is 0 Å². The first-order valence-corrected chi connectivity index (χ1v) is 5.76. The summed E-state index contributed by atoms with van der Waals surface area (Å²) >= 11 is 0. The molecular formula is C12H22O. The van der Waals surface area contributed by atoms with Gasteiger partial charge in [0.05, 0.1) is 12.2 Å². The first-order chi connectivity index (χ1) is 6.13. The Morgan fingerprint density at radius 3 is 2.08 bits per heavy atom. The van der Waals surface area contributed by atoms with E-state index in [2.05, 4.69) is 20.8 Å². The predicted molar refractivity (Wildman–Crippen MR) is 54.7 cm³/mol. The highest BCUT2D eigenvalue weighted by Gasteiger charge is 2.49. The first kappa shape index (κ1) is 9.51. The second kappa shape index (κ2) is 2.98. The maximum Gasteiger partial charge on any atom is 0.0706 e. The molecule has 1 heteroatoms.